The lowest BCUT2D eigenvalue weighted by atomic mass is 10.1. The molecule has 0 aliphatic carbocycles. The van der Waals surface area contributed by atoms with Crippen LogP contribution in [0.15, 0.2) is 23.2 Å². The molecule has 0 aromatic heterocycles. The summed E-state index contributed by atoms with van der Waals surface area (Å²) in [6, 6.07) is 5.06. The lowest BCUT2D eigenvalue weighted by molar-refractivity contribution is -0.127. The van der Waals surface area contributed by atoms with E-state index in [1.807, 2.05) is 13.0 Å². The fraction of sp³-hybridized carbons (Fsp3) is 0.556. The van der Waals surface area contributed by atoms with E-state index in [0.717, 1.165) is 24.9 Å². The Kier molecular flexibility index (Phi) is 8.22. The minimum absolute atomic E-state index is 0.0689. The average Bonchev–Trinajstić information content (AvgIpc) is 2.54. The van der Waals surface area contributed by atoms with Gasteiger partial charge in [0.15, 0.2) is 5.96 Å². The van der Waals surface area contributed by atoms with E-state index in [1.54, 1.807) is 27.1 Å². The van der Waals surface area contributed by atoms with Gasteiger partial charge in [0.25, 0.3) is 0 Å². The van der Waals surface area contributed by atoms with Crippen LogP contribution in [0.2, 0.25) is 0 Å². The number of unbranched alkanes of at least 4 members (excludes halogenated alkanes) is 1. The number of halogens is 1. The molecule has 24 heavy (non-hydrogen) atoms. The molecular weight excluding hydrogens is 307 g/mol. The Labute approximate surface area is 144 Å². The summed E-state index contributed by atoms with van der Waals surface area (Å²) in [4.78, 5) is 17.6. The van der Waals surface area contributed by atoms with Crippen LogP contribution in [0.5, 0.6) is 0 Å². The maximum absolute atomic E-state index is 13.7. The summed E-state index contributed by atoms with van der Waals surface area (Å²) in [6.07, 6.45) is 2.07. The van der Waals surface area contributed by atoms with Crippen molar-refractivity contribution in [2.45, 2.75) is 39.7 Å². The number of likely N-dealkylation sites (N-methyl/N-ethyl adjacent to an activating group) is 1. The second-order valence-electron chi connectivity index (χ2n) is 6.11. The molecule has 0 saturated heterocycles. The van der Waals surface area contributed by atoms with Gasteiger partial charge in [-0.05, 0) is 37.5 Å². The molecule has 1 unspecified atom stereocenters. The van der Waals surface area contributed by atoms with Gasteiger partial charge >= 0.3 is 0 Å². The number of nitrogens with zero attached hydrogens (tertiary/aromatic N) is 2. The Morgan fingerprint density at radius 3 is 2.67 bits per heavy atom. The number of benzene rings is 1. The van der Waals surface area contributed by atoms with E-state index in [-0.39, 0.29) is 24.3 Å². The standard InChI is InChI=1S/C18H29FN4O/c1-6-7-10-20-18(21-12-17(24)23(4)5)22-14(3)15-9-8-13(2)16(19)11-15/h8-9,11,14H,6-7,10,12H2,1-5H3,(H2,20,21,22). The highest BCUT2D eigenvalue weighted by Gasteiger charge is 2.11. The van der Waals surface area contributed by atoms with Crippen molar-refractivity contribution in [3.05, 3.63) is 35.1 Å². The van der Waals surface area contributed by atoms with Gasteiger partial charge in [-0.2, -0.15) is 0 Å². The van der Waals surface area contributed by atoms with Crippen molar-refractivity contribution < 1.29 is 9.18 Å². The lowest BCUT2D eigenvalue weighted by Crippen LogP contribution is -2.40. The molecule has 1 amide bonds. The Morgan fingerprint density at radius 1 is 1.38 bits per heavy atom. The van der Waals surface area contributed by atoms with Gasteiger partial charge in [0.2, 0.25) is 5.91 Å². The Morgan fingerprint density at radius 2 is 2.08 bits per heavy atom. The zero-order valence-corrected chi connectivity index (χ0v) is 15.3. The van der Waals surface area contributed by atoms with Gasteiger partial charge in [-0.3, -0.25) is 4.79 Å². The van der Waals surface area contributed by atoms with Crippen LogP contribution in [0.25, 0.3) is 0 Å². The molecule has 0 aliphatic heterocycles. The first-order chi connectivity index (χ1) is 11.3. The normalized spacial score (nSPS) is 12.7. The van der Waals surface area contributed by atoms with E-state index in [0.29, 0.717) is 11.5 Å². The van der Waals surface area contributed by atoms with Gasteiger partial charge in [0.05, 0.1) is 6.04 Å². The van der Waals surface area contributed by atoms with Gasteiger partial charge in [-0.25, -0.2) is 9.38 Å². The van der Waals surface area contributed by atoms with Crippen LogP contribution in [0.1, 0.15) is 43.9 Å². The zero-order valence-electron chi connectivity index (χ0n) is 15.3. The molecule has 1 aromatic carbocycles. The number of rotatable bonds is 7. The van der Waals surface area contributed by atoms with E-state index >= 15 is 0 Å². The van der Waals surface area contributed by atoms with E-state index in [1.165, 1.54) is 11.0 Å². The molecule has 1 rings (SSSR count). The molecule has 0 spiro atoms. The molecular formula is C18H29FN4O. The second-order valence-corrected chi connectivity index (χ2v) is 6.11. The monoisotopic (exact) mass is 336 g/mol. The van der Waals surface area contributed by atoms with Crippen molar-refractivity contribution in [2.24, 2.45) is 4.99 Å². The third-order valence-electron chi connectivity index (χ3n) is 3.74. The molecule has 1 aromatic rings. The molecule has 5 nitrogen and oxygen atoms in total. The summed E-state index contributed by atoms with van der Waals surface area (Å²) >= 11 is 0. The second kappa shape index (κ2) is 9.90. The number of hydrogen-bond donors (Lipinski definition) is 2. The number of amides is 1. The maximum Gasteiger partial charge on any atom is 0.243 e. The minimum atomic E-state index is -0.221. The molecule has 0 heterocycles. The van der Waals surface area contributed by atoms with Crippen molar-refractivity contribution >= 4 is 11.9 Å². The predicted molar refractivity (Wildman–Crippen MR) is 96.6 cm³/mol. The van der Waals surface area contributed by atoms with Crippen molar-refractivity contribution in [3.8, 4) is 0 Å². The van der Waals surface area contributed by atoms with Gasteiger partial charge in [0, 0.05) is 20.6 Å². The van der Waals surface area contributed by atoms with Gasteiger partial charge < -0.3 is 15.5 Å². The Bertz CT molecular complexity index is 572. The number of nitrogens with one attached hydrogen (secondary N) is 2. The molecule has 2 N–H and O–H groups in total. The largest absolute Gasteiger partial charge is 0.356 e. The summed E-state index contributed by atoms with van der Waals surface area (Å²) < 4.78 is 13.7. The first-order valence-electron chi connectivity index (χ1n) is 8.36. The van der Waals surface area contributed by atoms with Crippen molar-refractivity contribution in [1.29, 1.82) is 0 Å². The maximum atomic E-state index is 13.7. The number of carbonyl (C=O) groups excluding carboxylic acids is 1. The summed E-state index contributed by atoms with van der Waals surface area (Å²) in [5.74, 6) is 0.272. The van der Waals surface area contributed by atoms with E-state index in [9.17, 15) is 9.18 Å². The third-order valence-corrected chi connectivity index (χ3v) is 3.74. The van der Waals surface area contributed by atoms with E-state index in [2.05, 4.69) is 22.5 Å². The number of carbonyl (C=O) groups is 1. The Balaban J connectivity index is 2.79. The molecule has 6 heteroatoms. The zero-order chi connectivity index (χ0) is 18.1. The van der Waals surface area contributed by atoms with Crippen LogP contribution in [0.4, 0.5) is 4.39 Å². The number of aryl methyl sites for hydroxylation is 1. The molecule has 0 saturated carbocycles. The highest BCUT2D eigenvalue weighted by atomic mass is 19.1. The summed E-state index contributed by atoms with van der Waals surface area (Å²) in [5, 5.41) is 6.45. The van der Waals surface area contributed by atoms with Crippen molar-refractivity contribution in [3.63, 3.8) is 0 Å². The smallest absolute Gasteiger partial charge is 0.243 e. The van der Waals surface area contributed by atoms with Crippen LogP contribution in [-0.4, -0.2) is 44.0 Å². The summed E-state index contributed by atoms with van der Waals surface area (Å²) in [6.45, 7) is 6.63. The third kappa shape index (κ3) is 6.56. The minimum Gasteiger partial charge on any atom is -0.356 e. The van der Waals surface area contributed by atoms with Gasteiger partial charge in [0.1, 0.15) is 12.4 Å². The van der Waals surface area contributed by atoms with Gasteiger partial charge in [-0.1, -0.05) is 25.5 Å². The highest BCUT2D eigenvalue weighted by molar-refractivity contribution is 5.85. The molecule has 134 valence electrons. The van der Waals surface area contributed by atoms with E-state index in [4.69, 9.17) is 0 Å². The topological polar surface area (TPSA) is 56.7 Å². The fourth-order valence-electron chi connectivity index (χ4n) is 1.99. The average molecular weight is 336 g/mol. The molecule has 0 fully saturated rings. The molecule has 1 atom stereocenters. The highest BCUT2D eigenvalue weighted by Crippen LogP contribution is 2.16. The summed E-state index contributed by atoms with van der Waals surface area (Å²) in [5.41, 5.74) is 1.46. The van der Waals surface area contributed by atoms with E-state index < -0.39 is 0 Å². The van der Waals surface area contributed by atoms with Crippen LogP contribution in [0, 0.1) is 12.7 Å². The molecule has 0 radical (unpaired) electrons. The first kappa shape index (κ1) is 19.9. The Hall–Kier alpha value is -2.11. The SMILES string of the molecule is CCCCNC(=NCC(=O)N(C)C)NC(C)c1ccc(C)c(F)c1. The van der Waals surface area contributed by atoms with Crippen LogP contribution >= 0.6 is 0 Å². The number of guanidine groups is 1. The van der Waals surface area contributed by atoms with Crippen molar-refractivity contribution in [1.82, 2.24) is 15.5 Å². The number of aliphatic imine (C=N–C) groups is 1. The molecule has 0 aliphatic rings. The number of hydrogen-bond acceptors (Lipinski definition) is 2. The van der Waals surface area contributed by atoms with Crippen LogP contribution in [-0.2, 0) is 4.79 Å². The van der Waals surface area contributed by atoms with Crippen LogP contribution < -0.4 is 10.6 Å². The summed E-state index contributed by atoms with van der Waals surface area (Å²) in [7, 11) is 3.40. The fourth-order valence-corrected chi connectivity index (χ4v) is 1.99. The first-order valence-corrected chi connectivity index (χ1v) is 8.36. The molecule has 0 bridgehead atoms. The predicted octanol–water partition coefficient (Wildman–Crippen LogP) is 2.62. The van der Waals surface area contributed by atoms with Crippen molar-refractivity contribution in [2.75, 3.05) is 27.2 Å². The quantitative estimate of drug-likeness (QED) is 0.457. The lowest BCUT2D eigenvalue weighted by Gasteiger charge is -2.19. The van der Waals surface area contributed by atoms with Crippen LogP contribution in [0.3, 0.4) is 0 Å². The van der Waals surface area contributed by atoms with Gasteiger partial charge in [-0.15, -0.1) is 0 Å².